The van der Waals surface area contributed by atoms with Gasteiger partial charge in [-0.05, 0) is 24.3 Å². The van der Waals surface area contributed by atoms with Crippen molar-refractivity contribution in [3.63, 3.8) is 0 Å². The number of benzene rings is 2. The molecule has 0 amide bonds. The summed E-state index contributed by atoms with van der Waals surface area (Å²) in [5, 5.41) is 19.3. The van der Waals surface area contributed by atoms with Gasteiger partial charge in [-0.15, -0.1) is 0 Å². The number of rotatable bonds is 0. The van der Waals surface area contributed by atoms with Gasteiger partial charge in [0.25, 0.3) is 0 Å². The van der Waals surface area contributed by atoms with Gasteiger partial charge in [0, 0.05) is 12.1 Å². The van der Waals surface area contributed by atoms with Crippen molar-refractivity contribution in [2.75, 3.05) is 52.9 Å². The van der Waals surface area contributed by atoms with Crippen molar-refractivity contribution in [1.82, 2.24) is 0 Å². The first kappa shape index (κ1) is 19.9. The Bertz CT molecular complexity index is 685. The molecular formula is C20H24O8. The summed E-state index contributed by atoms with van der Waals surface area (Å²) < 4.78 is 33.6. The maximum atomic E-state index is 9.64. The van der Waals surface area contributed by atoms with E-state index in [1.165, 1.54) is 24.3 Å². The summed E-state index contributed by atoms with van der Waals surface area (Å²) in [6.45, 7) is 2.64. The Morgan fingerprint density at radius 2 is 0.821 bits per heavy atom. The predicted octanol–water partition coefficient (Wildman–Crippen LogP) is 2.36. The SMILES string of the molecule is Oc1ccc2c(c1)OCCOCCOc1ccc(O)cc1OCCOCCO2. The van der Waals surface area contributed by atoms with Crippen molar-refractivity contribution in [2.45, 2.75) is 0 Å². The Morgan fingerprint density at radius 3 is 1.21 bits per heavy atom. The molecule has 2 aromatic rings. The zero-order chi connectivity index (χ0) is 19.6. The summed E-state index contributed by atoms with van der Waals surface area (Å²) >= 11 is 0. The van der Waals surface area contributed by atoms with Crippen LogP contribution in [-0.2, 0) is 9.47 Å². The van der Waals surface area contributed by atoms with Crippen LogP contribution in [0.3, 0.4) is 0 Å². The highest BCUT2D eigenvalue weighted by atomic mass is 16.6. The summed E-state index contributed by atoms with van der Waals surface area (Å²) in [4.78, 5) is 0. The van der Waals surface area contributed by atoms with Gasteiger partial charge in [0.05, 0.1) is 26.4 Å². The molecule has 0 saturated heterocycles. The second kappa shape index (κ2) is 10.5. The summed E-state index contributed by atoms with van der Waals surface area (Å²) in [5.41, 5.74) is 0. The molecule has 28 heavy (non-hydrogen) atoms. The van der Waals surface area contributed by atoms with E-state index in [4.69, 9.17) is 28.4 Å². The van der Waals surface area contributed by atoms with E-state index in [-0.39, 0.29) is 11.5 Å². The van der Waals surface area contributed by atoms with Gasteiger partial charge in [-0.1, -0.05) is 0 Å². The van der Waals surface area contributed by atoms with Gasteiger partial charge in [-0.25, -0.2) is 0 Å². The monoisotopic (exact) mass is 392 g/mol. The van der Waals surface area contributed by atoms with Crippen LogP contribution in [0, 0.1) is 0 Å². The second-order valence-corrected chi connectivity index (χ2v) is 5.88. The maximum Gasteiger partial charge on any atom is 0.164 e. The predicted molar refractivity (Wildman–Crippen MR) is 99.8 cm³/mol. The number of hydrogen-bond donors (Lipinski definition) is 2. The van der Waals surface area contributed by atoms with E-state index >= 15 is 0 Å². The lowest BCUT2D eigenvalue weighted by molar-refractivity contribution is 0.0639. The number of aromatic hydroxyl groups is 2. The van der Waals surface area contributed by atoms with Crippen molar-refractivity contribution < 1.29 is 38.6 Å². The van der Waals surface area contributed by atoms with Crippen LogP contribution in [0.25, 0.3) is 0 Å². The van der Waals surface area contributed by atoms with Gasteiger partial charge in [-0.3, -0.25) is 0 Å². The Morgan fingerprint density at radius 1 is 0.464 bits per heavy atom. The van der Waals surface area contributed by atoms with Crippen molar-refractivity contribution >= 4 is 0 Å². The minimum Gasteiger partial charge on any atom is -0.508 e. The molecule has 8 heteroatoms. The zero-order valence-electron chi connectivity index (χ0n) is 15.5. The summed E-state index contributed by atoms with van der Waals surface area (Å²) in [6, 6.07) is 9.34. The molecule has 152 valence electrons. The molecule has 0 unspecified atom stereocenters. The summed E-state index contributed by atoms with van der Waals surface area (Å²) in [5.74, 6) is 2.11. The summed E-state index contributed by atoms with van der Waals surface area (Å²) in [6.07, 6.45) is 0. The molecule has 8 nitrogen and oxygen atoms in total. The Balaban J connectivity index is 1.60. The average Bonchev–Trinajstić information content (AvgIpc) is 2.68. The fourth-order valence-corrected chi connectivity index (χ4v) is 2.50. The number of hydrogen-bond acceptors (Lipinski definition) is 8. The van der Waals surface area contributed by atoms with E-state index in [0.717, 1.165) is 0 Å². The number of ether oxygens (including phenoxy) is 6. The molecule has 0 radical (unpaired) electrons. The zero-order valence-corrected chi connectivity index (χ0v) is 15.5. The molecule has 0 saturated carbocycles. The average molecular weight is 392 g/mol. The third kappa shape index (κ3) is 6.11. The van der Waals surface area contributed by atoms with Gasteiger partial charge in [0.1, 0.15) is 37.9 Å². The molecule has 0 spiro atoms. The van der Waals surface area contributed by atoms with Crippen LogP contribution in [0.4, 0.5) is 0 Å². The molecule has 3 rings (SSSR count). The number of phenols is 2. The lowest BCUT2D eigenvalue weighted by Gasteiger charge is -2.15. The van der Waals surface area contributed by atoms with E-state index < -0.39 is 0 Å². The Labute approximate surface area is 163 Å². The molecule has 2 aromatic carbocycles. The van der Waals surface area contributed by atoms with Crippen molar-refractivity contribution in [3.05, 3.63) is 36.4 Å². The Kier molecular flexibility index (Phi) is 7.45. The smallest absolute Gasteiger partial charge is 0.164 e. The molecule has 2 N–H and O–H groups in total. The molecule has 1 aliphatic heterocycles. The largest absolute Gasteiger partial charge is 0.508 e. The van der Waals surface area contributed by atoms with Crippen molar-refractivity contribution in [2.24, 2.45) is 0 Å². The van der Waals surface area contributed by atoms with E-state index in [9.17, 15) is 10.2 Å². The molecule has 1 aliphatic rings. The molecule has 0 atom stereocenters. The highest BCUT2D eigenvalue weighted by Crippen LogP contribution is 2.32. The van der Waals surface area contributed by atoms with Crippen LogP contribution in [-0.4, -0.2) is 63.1 Å². The van der Waals surface area contributed by atoms with Gasteiger partial charge in [0.15, 0.2) is 23.0 Å². The third-order valence-corrected chi connectivity index (χ3v) is 3.80. The van der Waals surface area contributed by atoms with Crippen LogP contribution in [0.5, 0.6) is 34.5 Å². The molecule has 0 bridgehead atoms. The highest BCUT2D eigenvalue weighted by Gasteiger charge is 2.09. The molecule has 0 aromatic heterocycles. The fourth-order valence-electron chi connectivity index (χ4n) is 2.50. The van der Waals surface area contributed by atoms with Gasteiger partial charge in [0.2, 0.25) is 0 Å². The first-order chi connectivity index (χ1) is 13.7. The van der Waals surface area contributed by atoms with Crippen LogP contribution >= 0.6 is 0 Å². The van der Waals surface area contributed by atoms with Crippen molar-refractivity contribution in [3.8, 4) is 34.5 Å². The molecule has 0 fully saturated rings. The first-order valence-electron chi connectivity index (χ1n) is 9.05. The van der Waals surface area contributed by atoms with Gasteiger partial charge >= 0.3 is 0 Å². The van der Waals surface area contributed by atoms with Gasteiger partial charge in [-0.2, -0.15) is 0 Å². The van der Waals surface area contributed by atoms with Crippen LogP contribution in [0.1, 0.15) is 0 Å². The van der Waals surface area contributed by atoms with E-state index in [1.807, 2.05) is 0 Å². The quantitative estimate of drug-likeness (QED) is 0.706. The van der Waals surface area contributed by atoms with Gasteiger partial charge < -0.3 is 38.6 Å². The Hall–Kier alpha value is -2.84. The third-order valence-electron chi connectivity index (χ3n) is 3.80. The van der Waals surface area contributed by atoms with Crippen LogP contribution in [0.2, 0.25) is 0 Å². The summed E-state index contributed by atoms with van der Waals surface area (Å²) in [7, 11) is 0. The number of fused-ring (bicyclic) bond motifs is 2. The second-order valence-electron chi connectivity index (χ2n) is 5.88. The van der Waals surface area contributed by atoms with Crippen LogP contribution < -0.4 is 18.9 Å². The minimum atomic E-state index is 0.0944. The molecule has 0 aliphatic carbocycles. The van der Waals surface area contributed by atoms with Crippen LogP contribution in [0.15, 0.2) is 36.4 Å². The maximum absolute atomic E-state index is 9.64. The minimum absolute atomic E-state index is 0.0944. The van der Waals surface area contributed by atoms with Crippen molar-refractivity contribution in [1.29, 1.82) is 0 Å². The number of phenolic OH excluding ortho intramolecular Hbond substituents is 2. The first-order valence-corrected chi connectivity index (χ1v) is 9.05. The van der Waals surface area contributed by atoms with E-state index in [0.29, 0.717) is 75.9 Å². The van der Waals surface area contributed by atoms with E-state index in [1.54, 1.807) is 12.1 Å². The molecule has 1 heterocycles. The normalized spacial score (nSPS) is 16.6. The molecular weight excluding hydrogens is 368 g/mol. The standard InChI is InChI=1S/C20H24O8/c21-15-1-3-17-19(13-15)27-11-7-24-6-10-26-18-4-2-16(22)14-20(18)28-12-8-23-5-9-25-17/h1-4,13-14,21-22H,5-12H2. The fraction of sp³-hybridized carbons (Fsp3) is 0.400. The topological polar surface area (TPSA) is 95.8 Å². The highest BCUT2D eigenvalue weighted by molar-refractivity contribution is 5.45. The lowest BCUT2D eigenvalue weighted by atomic mass is 10.3. The van der Waals surface area contributed by atoms with E-state index in [2.05, 4.69) is 0 Å². The lowest BCUT2D eigenvalue weighted by Crippen LogP contribution is -2.15.